The van der Waals surface area contributed by atoms with Gasteiger partial charge >= 0.3 is 5.97 Å². The van der Waals surface area contributed by atoms with Gasteiger partial charge in [-0.1, -0.05) is 35.9 Å². The van der Waals surface area contributed by atoms with E-state index in [-0.39, 0.29) is 23.6 Å². The first-order chi connectivity index (χ1) is 14.0. The lowest BCUT2D eigenvalue weighted by molar-refractivity contribution is -0.124. The molecule has 8 heteroatoms. The topological polar surface area (TPSA) is 86.8 Å². The number of nitrogens with one attached hydrogen (secondary N) is 1. The molecule has 0 radical (unpaired) electrons. The fourth-order valence-electron chi connectivity index (χ4n) is 3.07. The minimum atomic E-state index is -0.642. The molecule has 2 aromatic carbocycles. The summed E-state index contributed by atoms with van der Waals surface area (Å²) < 4.78 is 15.8. The van der Waals surface area contributed by atoms with Gasteiger partial charge in [0.05, 0.1) is 17.1 Å². The highest BCUT2D eigenvalue weighted by Gasteiger charge is 2.19. The van der Waals surface area contributed by atoms with Gasteiger partial charge in [0.25, 0.3) is 5.91 Å². The molecule has 0 saturated heterocycles. The molecule has 0 bridgehead atoms. The number of carbonyl (C=O) groups is 2. The molecule has 2 heterocycles. The average Bonchev–Trinajstić information content (AvgIpc) is 3.19. The van der Waals surface area contributed by atoms with E-state index in [0.29, 0.717) is 22.4 Å². The monoisotopic (exact) mass is 412 g/mol. The molecular formula is C21H17ClN2O5. The Morgan fingerprint density at radius 3 is 2.83 bits per heavy atom. The molecule has 148 valence electrons. The van der Waals surface area contributed by atoms with Crippen molar-refractivity contribution in [3.63, 3.8) is 0 Å². The predicted molar refractivity (Wildman–Crippen MR) is 106 cm³/mol. The van der Waals surface area contributed by atoms with Crippen molar-refractivity contribution < 1.29 is 23.8 Å². The van der Waals surface area contributed by atoms with Gasteiger partial charge in [-0.05, 0) is 36.8 Å². The lowest BCUT2D eigenvalue weighted by Gasteiger charge is -2.15. The van der Waals surface area contributed by atoms with Crippen molar-refractivity contribution in [3.8, 4) is 11.5 Å². The zero-order valence-electron chi connectivity index (χ0n) is 15.5. The second-order valence-electron chi connectivity index (χ2n) is 6.49. The van der Waals surface area contributed by atoms with Crippen LogP contribution in [0, 0.1) is 0 Å². The summed E-state index contributed by atoms with van der Waals surface area (Å²) in [5.41, 5.74) is 1.69. The van der Waals surface area contributed by atoms with Crippen LogP contribution >= 0.6 is 11.6 Å². The number of pyridine rings is 1. The number of nitrogens with zero attached hydrogens (tertiary/aromatic N) is 1. The Morgan fingerprint density at radius 1 is 1.17 bits per heavy atom. The molecule has 0 spiro atoms. The summed E-state index contributed by atoms with van der Waals surface area (Å²) in [4.78, 5) is 28.9. The number of benzene rings is 2. The number of para-hydroxylation sites is 1. The summed E-state index contributed by atoms with van der Waals surface area (Å²) >= 11 is 5.99. The second-order valence-corrected chi connectivity index (χ2v) is 6.87. The smallest absolute Gasteiger partial charge is 0.339 e. The van der Waals surface area contributed by atoms with Gasteiger partial charge in [0.1, 0.15) is 5.15 Å². The summed E-state index contributed by atoms with van der Waals surface area (Å²) in [6.07, 6.45) is 0. The van der Waals surface area contributed by atoms with Crippen molar-refractivity contribution in [3.05, 3.63) is 64.8 Å². The van der Waals surface area contributed by atoms with E-state index in [9.17, 15) is 9.59 Å². The maximum absolute atomic E-state index is 12.5. The summed E-state index contributed by atoms with van der Waals surface area (Å²) in [6.45, 7) is 1.60. The number of aromatic nitrogens is 1. The van der Waals surface area contributed by atoms with E-state index in [0.717, 1.165) is 5.56 Å². The third kappa shape index (κ3) is 4.09. The highest BCUT2D eigenvalue weighted by Crippen LogP contribution is 2.34. The van der Waals surface area contributed by atoms with Crippen LogP contribution in [0.1, 0.15) is 28.9 Å². The number of halogens is 1. The van der Waals surface area contributed by atoms with Crippen LogP contribution in [0.5, 0.6) is 11.5 Å². The Hall–Kier alpha value is -3.32. The van der Waals surface area contributed by atoms with Crippen LogP contribution in [0.15, 0.2) is 48.5 Å². The highest BCUT2D eigenvalue weighted by molar-refractivity contribution is 6.30. The number of amides is 1. The average molecular weight is 413 g/mol. The molecule has 0 unspecified atom stereocenters. The minimum Gasteiger partial charge on any atom is -0.454 e. The Morgan fingerprint density at radius 2 is 1.97 bits per heavy atom. The van der Waals surface area contributed by atoms with E-state index in [4.69, 9.17) is 25.8 Å². The molecule has 1 aliphatic heterocycles. The maximum Gasteiger partial charge on any atom is 0.339 e. The fourth-order valence-corrected chi connectivity index (χ4v) is 3.27. The van der Waals surface area contributed by atoms with Crippen LogP contribution in [0.3, 0.4) is 0 Å². The first kappa shape index (κ1) is 19.0. The first-order valence-electron chi connectivity index (χ1n) is 8.92. The largest absolute Gasteiger partial charge is 0.454 e. The van der Waals surface area contributed by atoms with Gasteiger partial charge in [0.2, 0.25) is 6.79 Å². The molecule has 1 aromatic heterocycles. The molecule has 29 heavy (non-hydrogen) atoms. The van der Waals surface area contributed by atoms with Crippen molar-refractivity contribution in [2.75, 3.05) is 13.4 Å². The van der Waals surface area contributed by atoms with Crippen molar-refractivity contribution in [2.24, 2.45) is 0 Å². The van der Waals surface area contributed by atoms with Gasteiger partial charge < -0.3 is 19.5 Å². The summed E-state index contributed by atoms with van der Waals surface area (Å²) in [6, 6.07) is 13.7. The lowest BCUT2D eigenvalue weighted by Crippen LogP contribution is -2.31. The molecule has 1 N–H and O–H groups in total. The van der Waals surface area contributed by atoms with Crippen molar-refractivity contribution in [2.45, 2.75) is 13.0 Å². The van der Waals surface area contributed by atoms with Crippen molar-refractivity contribution in [1.82, 2.24) is 10.3 Å². The second kappa shape index (κ2) is 7.97. The van der Waals surface area contributed by atoms with Gasteiger partial charge in [-0.25, -0.2) is 9.78 Å². The third-order valence-corrected chi connectivity index (χ3v) is 4.71. The Balaban J connectivity index is 1.39. The fraction of sp³-hybridized carbons (Fsp3) is 0.190. The van der Waals surface area contributed by atoms with Crippen LogP contribution < -0.4 is 14.8 Å². The van der Waals surface area contributed by atoms with Crippen LogP contribution in [-0.2, 0) is 9.53 Å². The van der Waals surface area contributed by atoms with Crippen LogP contribution in [0.25, 0.3) is 10.9 Å². The zero-order valence-corrected chi connectivity index (χ0v) is 16.2. The van der Waals surface area contributed by atoms with Gasteiger partial charge in [-0.3, -0.25) is 4.79 Å². The zero-order chi connectivity index (χ0) is 20.4. The molecule has 3 aromatic rings. The summed E-state index contributed by atoms with van der Waals surface area (Å²) in [5, 5.41) is 3.58. The number of fused-ring (bicyclic) bond motifs is 2. The van der Waals surface area contributed by atoms with Gasteiger partial charge in [0.15, 0.2) is 18.1 Å². The molecular weight excluding hydrogens is 396 g/mol. The Labute approximate surface area is 171 Å². The normalized spacial score (nSPS) is 13.2. The van der Waals surface area contributed by atoms with Crippen molar-refractivity contribution in [1.29, 1.82) is 0 Å². The SMILES string of the molecule is C[C@@H](NC(=O)COC(=O)c1cc(Cl)nc2ccccc12)c1ccc2c(c1)OCO2. The van der Waals surface area contributed by atoms with Gasteiger partial charge in [0, 0.05) is 5.39 Å². The number of ether oxygens (including phenoxy) is 3. The number of rotatable bonds is 5. The number of hydrogen-bond donors (Lipinski definition) is 1. The maximum atomic E-state index is 12.5. The van der Waals surface area contributed by atoms with E-state index in [1.807, 2.05) is 19.1 Å². The van der Waals surface area contributed by atoms with Gasteiger partial charge in [-0.15, -0.1) is 0 Å². The summed E-state index contributed by atoms with van der Waals surface area (Å²) in [5.74, 6) is 0.241. The van der Waals surface area contributed by atoms with Crippen LogP contribution in [0.4, 0.5) is 0 Å². The number of hydrogen-bond acceptors (Lipinski definition) is 6. The Bertz CT molecular complexity index is 1100. The highest BCUT2D eigenvalue weighted by atomic mass is 35.5. The summed E-state index contributed by atoms with van der Waals surface area (Å²) in [7, 11) is 0. The standard InChI is InChI=1S/C21H17ClN2O5/c1-12(13-6-7-17-18(8-13)29-11-28-17)23-20(25)10-27-21(26)15-9-19(22)24-16-5-3-2-4-14(15)16/h2-9,12H,10-11H2,1H3,(H,23,25)/t12-/m1/s1. The minimum absolute atomic E-state index is 0.177. The molecule has 1 aliphatic rings. The van der Waals surface area contributed by atoms with Gasteiger partial charge in [-0.2, -0.15) is 0 Å². The van der Waals surface area contributed by atoms with Crippen LogP contribution in [-0.4, -0.2) is 30.3 Å². The van der Waals surface area contributed by atoms with Crippen LogP contribution in [0.2, 0.25) is 5.15 Å². The van der Waals surface area contributed by atoms with E-state index >= 15 is 0 Å². The number of esters is 1. The molecule has 4 rings (SSSR count). The molecule has 0 saturated carbocycles. The van der Waals surface area contributed by atoms with E-state index in [1.165, 1.54) is 6.07 Å². The lowest BCUT2D eigenvalue weighted by atomic mass is 10.1. The molecule has 1 atom stereocenters. The van der Waals surface area contributed by atoms with Crippen molar-refractivity contribution >= 4 is 34.4 Å². The third-order valence-electron chi connectivity index (χ3n) is 4.51. The molecule has 7 nitrogen and oxygen atoms in total. The van der Waals surface area contributed by atoms with E-state index in [2.05, 4.69) is 10.3 Å². The molecule has 1 amide bonds. The molecule has 0 aliphatic carbocycles. The van der Waals surface area contributed by atoms with E-state index in [1.54, 1.807) is 30.3 Å². The number of carbonyl (C=O) groups excluding carboxylic acids is 2. The Kier molecular flexibility index (Phi) is 5.22. The predicted octanol–water partition coefficient (Wildman–Crippen LogP) is 3.65. The molecule has 0 fully saturated rings. The first-order valence-corrected chi connectivity index (χ1v) is 9.30. The quantitative estimate of drug-likeness (QED) is 0.508. The van der Waals surface area contributed by atoms with E-state index < -0.39 is 18.5 Å².